The number of aromatic nitrogens is 5. The molecule has 1 atom stereocenters. The van der Waals surface area contributed by atoms with E-state index in [2.05, 4.69) is 32.1 Å². The van der Waals surface area contributed by atoms with E-state index in [4.69, 9.17) is 5.73 Å². The van der Waals surface area contributed by atoms with Crippen molar-refractivity contribution in [3.63, 3.8) is 0 Å². The highest BCUT2D eigenvalue weighted by Crippen LogP contribution is 2.30. The van der Waals surface area contributed by atoms with Crippen molar-refractivity contribution in [1.82, 2.24) is 25.0 Å². The zero-order valence-electron chi connectivity index (χ0n) is 12.9. The van der Waals surface area contributed by atoms with E-state index in [9.17, 15) is 0 Å². The summed E-state index contributed by atoms with van der Waals surface area (Å²) in [7, 11) is 1.92. The molecule has 1 aliphatic rings. The van der Waals surface area contributed by atoms with Gasteiger partial charge >= 0.3 is 0 Å². The number of aromatic amines is 1. The normalized spacial score (nSPS) is 22.8. The fourth-order valence-corrected chi connectivity index (χ4v) is 2.90. The Bertz CT molecular complexity index is 629. The van der Waals surface area contributed by atoms with Gasteiger partial charge in [-0.05, 0) is 31.7 Å². The van der Waals surface area contributed by atoms with E-state index in [-0.39, 0.29) is 5.41 Å². The number of hydrogen-bond acceptors (Lipinski definition) is 5. The van der Waals surface area contributed by atoms with Gasteiger partial charge in [-0.25, -0.2) is 0 Å². The predicted molar refractivity (Wildman–Crippen MR) is 81.9 cm³/mol. The Hall–Kier alpha value is -1.89. The van der Waals surface area contributed by atoms with Crippen molar-refractivity contribution in [3.05, 3.63) is 11.9 Å². The Kier molecular flexibility index (Phi) is 3.44. The smallest absolute Gasteiger partial charge is 0.245 e. The number of piperidine rings is 1. The molecule has 2 aromatic rings. The highest BCUT2D eigenvalue weighted by atomic mass is 15.4. The van der Waals surface area contributed by atoms with Crippen molar-refractivity contribution in [2.75, 3.05) is 24.5 Å². The molecule has 114 valence electrons. The molecular formula is C14H23N7. The minimum absolute atomic E-state index is 0.156. The van der Waals surface area contributed by atoms with Gasteiger partial charge in [0, 0.05) is 25.8 Å². The zero-order valence-corrected chi connectivity index (χ0v) is 12.9. The molecule has 0 radical (unpaired) electrons. The molecule has 1 saturated heterocycles. The van der Waals surface area contributed by atoms with Gasteiger partial charge in [0.1, 0.15) is 0 Å². The van der Waals surface area contributed by atoms with Crippen molar-refractivity contribution in [2.45, 2.75) is 26.7 Å². The van der Waals surface area contributed by atoms with Crippen LogP contribution in [0.15, 0.2) is 6.20 Å². The molecule has 3 rings (SSSR count). The Morgan fingerprint density at radius 3 is 2.95 bits per heavy atom. The van der Waals surface area contributed by atoms with Crippen LogP contribution in [0, 0.1) is 12.3 Å². The lowest BCUT2D eigenvalue weighted by Crippen LogP contribution is -2.46. The van der Waals surface area contributed by atoms with E-state index in [1.165, 1.54) is 6.42 Å². The quantitative estimate of drug-likeness (QED) is 0.882. The lowest BCUT2D eigenvalue weighted by molar-refractivity contribution is 0.270. The number of anilines is 1. The third kappa shape index (κ3) is 2.53. The van der Waals surface area contributed by atoms with E-state index in [0.717, 1.165) is 42.5 Å². The second kappa shape index (κ2) is 5.14. The van der Waals surface area contributed by atoms with E-state index in [1.807, 2.05) is 24.9 Å². The van der Waals surface area contributed by atoms with E-state index in [0.29, 0.717) is 6.54 Å². The molecule has 0 aliphatic carbocycles. The average molecular weight is 289 g/mol. The molecule has 7 nitrogen and oxygen atoms in total. The number of aryl methyl sites for hydroxylation is 1. The van der Waals surface area contributed by atoms with Gasteiger partial charge in [0.2, 0.25) is 5.95 Å². The number of nitrogens with two attached hydrogens (primary N) is 1. The Morgan fingerprint density at radius 2 is 2.29 bits per heavy atom. The lowest BCUT2D eigenvalue weighted by atomic mass is 9.82. The number of hydrogen-bond donors (Lipinski definition) is 2. The number of nitrogens with zero attached hydrogens (tertiary/aromatic N) is 5. The van der Waals surface area contributed by atoms with Crippen LogP contribution in [0.3, 0.4) is 0 Å². The molecule has 1 fully saturated rings. The highest BCUT2D eigenvalue weighted by molar-refractivity contribution is 5.58. The van der Waals surface area contributed by atoms with Crippen LogP contribution in [0.25, 0.3) is 11.4 Å². The third-order valence-corrected chi connectivity index (χ3v) is 4.52. The fraction of sp³-hybridized carbons (Fsp3) is 0.643. The SMILES string of the molecule is Cc1c(-c2nc(N3CCCC(C)(CN)C3)n[nH]2)cnn1C. The largest absolute Gasteiger partial charge is 0.339 e. The molecule has 1 aliphatic heterocycles. The fourth-order valence-electron chi connectivity index (χ4n) is 2.90. The molecule has 1 unspecified atom stereocenters. The maximum absolute atomic E-state index is 5.91. The van der Waals surface area contributed by atoms with Crippen LogP contribution in [0.2, 0.25) is 0 Å². The van der Waals surface area contributed by atoms with Crippen LogP contribution in [-0.2, 0) is 7.05 Å². The molecule has 7 heteroatoms. The summed E-state index contributed by atoms with van der Waals surface area (Å²) in [5, 5.41) is 11.7. The third-order valence-electron chi connectivity index (χ3n) is 4.52. The summed E-state index contributed by atoms with van der Waals surface area (Å²) >= 11 is 0. The Balaban J connectivity index is 1.83. The molecular weight excluding hydrogens is 266 g/mol. The van der Waals surface area contributed by atoms with Gasteiger partial charge in [0.15, 0.2) is 5.82 Å². The van der Waals surface area contributed by atoms with Crippen molar-refractivity contribution in [3.8, 4) is 11.4 Å². The minimum Gasteiger partial charge on any atom is -0.339 e. The Labute approximate surface area is 124 Å². The topological polar surface area (TPSA) is 88.7 Å². The summed E-state index contributed by atoms with van der Waals surface area (Å²) in [6.07, 6.45) is 4.11. The molecule has 3 N–H and O–H groups in total. The predicted octanol–water partition coefficient (Wildman–Crippen LogP) is 1.08. The lowest BCUT2D eigenvalue weighted by Gasteiger charge is -2.39. The van der Waals surface area contributed by atoms with Gasteiger partial charge in [0.05, 0.1) is 11.8 Å². The van der Waals surface area contributed by atoms with Crippen LogP contribution in [0.4, 0.5) is 5.95 Å². The molecule has 0 saturated carbocycles. The number of nitrogens with one attached hydrogen (secondary N) is 1. The van der Waals surface area contributed by atoms with E-state index >= 15 is 0 Å². The molecule has 0 amide bonds. The van der Waals surface area contributed by atoms with Crippen molar-refractivity contribution in [2.24, 2.45) is 18.2 Å². The van der Waals surface area contributed by atoms with Gasteiger partial charge < -0.3 is 10.6 Å². The van der Waals surface area contributed by atoms with Gasteiger partial charge in [-0.15, -0.1) is 5.10 Å². The summed E-state index contributed by atoms with van der Waals surface area (Å²) in [5.41, 5.74) is 8.13. The first-order valence-corrected chi connectivity index (χ1v) is 7.39. The summed E-state index contributed by atoms with van der Waals surface area (Å²) < 4.78 is 1.84. The first-order chi connectivity index (χ1) is 10.0. The average Bonchev–Trinajstić information content (AvgIpc) is 3.08. The monoisotopic (exact) mass is 289 g/mol. The van der Waals surface area contributed by atoms with Gasteiger partial charge in [0.25, 0.3) is 0 Å². The number of rotatable bonds is 3. The summed E-state index contributed by atoms with van der Waals surface area (Å²) in [6, 6.07) is 0. The summed E-state index contributed by atoms with van der Waals surface area (Å²) in [6.45, 7) is 6.85. The van der Waals surface area contributed by atoms with Crippen LogP contribution in [0.1, 0.15) is 25.5 Å². The van der Waals surface area contributed by atoms with E-state index < -0.39 is 0 Å². The molecule has 0 spiro atoms. The number of H-pyrrole nitrogens is 1. The molecule has 0 aromatic carbocycles. The first kappa shape index (κ1) is 14.1. The van der Waals surface area contributed by atoms with Gasteiger partial charge in [-0.3, -0.25) is 9.78 Å². The van der Waals surface area contributed by atoms with Crippen molar-refractivity contribution < 1.29 is 0 Å². The van der Waals surface area contributed by atoms with Crippen molar-refractivity contribution >= 4 is 5.95 Å². The summed E-state index contributed by atoms with van der Waals surface area (Å²) in [5.74, 6) is 1.53. The molecule has 3 heterocycles. The van der Waals surface area contributed by atoms with Crippen LogP contribution in [0.5, 0.6) is 0 Å². The van der Waals surface area contributed by atoms with E-state index in [1.54, 1.807) is 0 Å². The van der Waals surface area contributed by atoms with Crippen LogP contribution in [-0.4, -0.2) is 44.6 Å². The minimum atomic E-state index is 0.156. The molecule has 0 bridgehead atoms. The maximum atomic E-state index is 5.91. The second-order valence-corrected chi connectivity index (χ2v) is 6.29. The second-order valence-electron chi connectivity index (χ2n) is 6.29. The highest BCUT2D eigenvalue weighted by Gasteiger charge is 2.31. The summed E-state index contributed by atoms with van der Waals surface area (Å²) in [4.78, 5) is 6.87. The van der Waals surface area contributed by atoms with Crippen LogP contribution >= 0.6 is 0 Å². The zero-order chi connectivity index (χ0) is 15.0. The van der Waals surface area contributed by atoms with Crippen LogP contribution < -0.4 is 10.6 Å². The van der Waals surface area contributed by atoms with Crippen molar-refractivity contribution in [1.29, 1.82) is 0 Å². The molecule has 21 heavy (non-hydrogen) atoms. The van der Waals surface area contributed by atoms with Gasteiger partial charge in [-0.1, -0.05) is 6.92 Å². The molecule has 2 aromatic heterocycles. The Morgan fingerprint density at radius 1 is 1.48 bits per heavy atom. The first-order valence-electron chi connectivity index (χ1n) is 7.39. The standard InChI is InChI=1S/C14H23N7/c1-10-11(7-16-20(10)3)12-17-13(19-18-12)21-6-4-5-14(2,8-15)9-21/h7H,4-6,8-9,15H2,1-3H3,(H,17,18,19). The van der Waals surface area contributed by atoms with Gasteiger partial charge in [-0.2, -0.15) is 10.1 Å². The maximum Gasteiger partial charge on any atom is 0.245 e.